The summed E-state index contributed by atoms with van der Waals surface area (Å²) in [4.78, 5) is 43.0. The number of nitrogens with one attached hydrogen (secondary N) is 3. The number of amides is 2. The predicted molar refractivity (Wildman–Crippen MR) is 169 cm³/mol. The number of benzene rings is 2. The lowest BCUT2D eigenvalue weighted by Gasteiger charge is -2.24. The Morgan fingerprint density at radius 2 is 1.80 bits per heavy atom. The highest BCUT2D eigenvalue weighted by Gasteiger charge is 2.30. The summed E-state index contributed by atoms with van der Waals surface area (Å²) in [6, 6.07) is 11.4. The molecule has 4 rings (SSSR count). The monoisotopic (exact) mass is 615 g/mol. The van der Waals surface area contributed by atoms with Crippen LogP contribution in [0.25, 0.3) is 0 Å². The van der Waals surface area contributed by atoms with Gasteiger partial charge in [-0.25, -0.2) is 4.98 Å². The highest BCUT2D eigenvalue weighted by atomic mass is 16.5. The van der Waals surface area contributed by atoms with Crippen LogP contribution in [-0.2, 0) is 28.9 Å². The van der Waals surface area contributed by atoms with Crippen LogP contribution < -0.4 is 22.1 Å². The molecule has 0 saturated carbocycles. The Morgan fingerprint density at radius 1 is 1.07 bits per heavy atom. The molecule has 0 aliphatic rings. The third-order valence-electron chi connectivity index (χ3n) is 7.54. The number of hydrogen-bond acceptors (Lipinski definition) is 8. The first kappa shape index (κ1) is 32.7. The summed E-state index contributed by atoms with van der Waals surface area (Å²) in [5.74, 6) is -0.239. The number of carbonyl (C=O) groups is 2. The van der Waals surface area contributed by atoms with E-state index in [-0.39, 0.29) is 29.9 Å². The topological polar surface area (TPSA) is 210 Å². The molecule has 0 spiro atoms. The average molecular weight is 616 g/mol. The number of carbonyl (C=O) groups excluding carboxylic acids is 2. The van der Waals surface area contributed by atoms with Crippen LogP contribution in [-0.4, -0.2) is 55.6 Å². The maximum Gasteiger partial charge on any atom is 0.249 e. The molecule has 4 aromatic rings. The predicted octanol–water partition coefficient (Wildman–Crippen LogP) is 2.52. The zero-order valence-electron chi connectivity index (χ0n) is 25.8. The SMILES string of the molecule is Cc1cc(O)cc(C)c1C[C@H](NC(=O)[C@H](C)CCCN=C(N)N)C(=O)N[C@@H](Cc1cnc[nH]1)c1nc(Cc2ccccc2)no1. The highest BCUT2D eigenvalue weighted by Crippen LogP contribution is 2.23. The third-order valence-corrected chi connectivity index (χ3v) is 7.54. The molecule has 2 heterocycles. The number of nitrogens with two attached hydrogens (primary N) is 2. The first-order valence-corrected chi connectivity index (χ1v) is 14.9. The van der Waals surface area contributed by atoms with E-state index in [0.29, 0.717) is 38.1 Å². The van der Waals surface area contributed by atoms with E-state index < -0.39 is 23.9 Å². The molecule has 13 heteroatoms. The number of aromatic hydroxyl groups is 1. The van der Waals surface area contributed by atoms with Crippen molar-refractivity contribution in [3.05, 3.63) is 94.7 Å². The van der Waals surface area contributed by atoms with Gasteiger partial charge in [-0.3, -0.25) is 14.6 Å². The summed E-state index contributed by atoms with van der Waals surface area (Å²) in [6.45, 7) is 5.92. The largest absolute Gasteiger partial charge is 0.508 e. The molecular formula is C32H41N9O4. The number of phenols is 1. The fourth-order valence-electron chi connectivity index (χ4n) is 5.10. The van der Waals surface area contributed by atoms with Crippen molar-refractivity contribution in [2.75, 3.05) is 6.54 Å². The van der Waals surface area contributed by atoms with Gasteiger partial charge in [0.1, 0.15) is 17.8 Å². The molecule has 2 aromatic heterocycles. The Hall–Kier alpha value is -5.20. The van der Waals surface area contributed by atoms with Crippen LogP contribution in [0.3, 0.4) is 0 Å². The van der Waals surface area contributed by atoms with Crippen LogP contribution in [0.5, 0.6) is 5.75 Å². The van der Waals surface area contributed by atoms with Crippen molar-refractivity contribution in [2.24, 2.45) is 22.4 Å². The Morgan fingerprint density at radius 3 is 2.47 bits per heavy atom. The van der Waals surface area contributed by atoms with Crippen molar-refractivity contribution in [1.29, 1.82) is 0 Å². The normalized spacial score (nSPS) is 13.0. The van der Waals surface area contributed by atoms with E-state index in [1.165, 1.54) is 0 Å². The van der Waals surface area contributed by atoms with E-state index in [9.17, 15) is 14.7 Å². The lowest BCUT2D eigenvalue weighted by molar-refractivity contribution is -0.131. The number of rotatable bonds is 15. The smallest absolute Gasteiger partial charge is 0.249 e. The number of aromatic nitrogens is 4. The molecule has 0 fully saturated rings. The van der Waals surface area contributed by atoms with E-state index in [4.69, 9.17) is 16.0 Å². The minimum absolute atomic E-state index is 0.00148. The summed E-state index contributed by atoms with van der Waals surface area (Å²) >= 11 is 0. The molecule has 0 radical (unpaired) electrons. The quantitative estimate of drug-likeness (QED) is 0.0658. The lowest BCUT2D eigenvalue weighted by atomic mass is 9.94. The second-order valence-corrected chi connectivity index (χ2v) is 11.2. The summed E-state index contributed by atoms with van der Waals surface area (Å²) in [7, 11) is 0. The van der Waals surface area contributed by atoms with Crippen molar-refractivity contribution in [2.45, 2.75) is 65.0 Å². The Kier molecular flexibility index (Phi) is 11.3. The fourth-order valence-corrected chi connectivity index (χ4v) is 5.10. The standard InChI is InChI=1S/C32H41N9O4/c1-19(8-7-11-36-32(33)34)29(43)38-26(16-25-20(2)12-24(42)13-21(25)3)30(44)39-27(15-23-17-35-18-37-23)31-40-28(41-45-31)14-22-9-5-4-6-10-22/h4-6,9-10,12-13,17-19,26-27,42H,7-8,11,14-16H2,1-3H3,(H,35,37)(H,38,43)(H,39,44)(H4,33,34,36)/t19-,26+,27+/m1/s1. The van der Waals surface area contributed by atoms with Crippen LogP contribution in [0.2, 0.25) is 0 Å². The molecule has 238 valence electrons. The van der Waals surface area contributed by atoms with Gasteiger partial charge in [0.25, 0.3) is 0 Å². The van der Waals surface area contributed by atoms with Crippen LogP contribution in [0, 0.1) is 19.8 Å². The molecule has 2 amide bonds. The van der Waals surface area contributed by atoms with Gasteiger partial charge in [-0.05, 0) is 61.1 Å². The molecule has 3 atom stereocenters. The van der Waals surface area contributed by atoms with Crippen LogP contribution >= 0.6 is 0 Å². The Balaban J connectivity index is 1.56. The molecular weight excluding hydrogens is 574 g/mol. The van der Waals surface area contributed by atoms with Crippen molar-refractivity contribution in [3.8, 4) is 5.75 Å². The summed E-state index contributed by atoms with van der Waals surface area (Å²) in [5, 5.41) is 20.2. The molecule has 45 heavy (non-hydrogen) atoms. The first-order valence-electron chi connectivity index (χ1n) is 14.9. The van der Waals surface area contributed by atoms with Gasteiger partial charge < -0.3 is 36.7 Å². The van der Waals surface area contributed by atoms with Gasteiger partial charge in [-0.1, -0.05) is 42.4 Å². The minimum Gasteiger partial charge on any atom is -0.508 e. The Bertz CT molecular complexity index is 1560. The molecule has 2 aromatic carbocycles. The first-order chi connectivity index (χ1) is 21.6. The number of aryl methyl sites for hydroxylation is 2. The number of aromatic amines is 1. The minimum atomic E-state index is -0.935. The van der Waals surface area contributed by atoms with Crippen molar-refractivity contribution >= 4 is 17.8 Å². The molecule has 8 N–H and O–H groups in total. The van der Waals surface area contributed by atoms with Crippen molar-refractivity contribution < 1.29 is 19.2 Å². The molecule has 0 unspecified atom stereocenters. The van der Waals surface area contributed by atoms with E-state index >= 15 is 0 Å². The number of imidazole rings is 1. The average Bonchev–Trinajstić information content (AvgIpc) is 3.69. The lowest BCUT2D eigenvalue weighted by Crippen LogP contribution is -2.50. The maximum absolute atomic E-state index is 14.0. The summed E-state index contributed by atoms with van der Waals surface area (Å²) in [6.07, 6.45) is 5.32. The number of phenolic OH excluding ortho intramolecular Hbond substituents is 1. The van der Waals surface area contributed by atoms with Crippen LogP contribution in [0.15, 0.2) is 64.5 Å². The molecule has 0 aliphatic heterocycles. The molecule has 0 saturated heterocycles. The number of aliphatic imine (C=N–C) groups is 1. The van der Waals surface area contributed by atoms with Gasteiger partial charge in [-0.15, -0.1) is 0 Å². The highest BCUT2D eigenvalue weighted by molar-refractivity contribution is 5.89. The fraction of sp³-hybridized carbons (Fsp3) is 0.375. The Labute approximate surface area is 261 Å². The molecule has 0 aliphatic carbocycles. The maximum atomic E-state index is 14.0. The summed E-state index contributed by atoms with van der Waals surface area (Å²) in [5.41, 5.74) is 15.0. The van der Waals surface area contributed by atoms with Crippen LogP contribution in [0.4, 0.5) is 0 Å². The summed E-state index contributed by atoms with van der Waals surface area (Å²) < 4.78 is 5.64. The van der Waals surface area contributed by atoms with Gasteiger partial charge in [0.05, 0.1) is 6.33 Å². The number of guanidine groups is 1. The van der Waals surface area contributed by atoms with E-state index in [2.05, 4.69) is 35.7 Å². The van der Waals surface area contributed by atoms with Gasteiger partial charge >= 0.3 is 0 Å². The number of H-pyrrole nitrogens is 1. The van der Waals surface area contributed by atoms with Gasteiger partial charge in [0.15, 0.2) is 11.8 Å². The second kappa shape index (κ2) is 15.5. The second-order valence-electron chi connectivity index (χ2n) is 11.2. The van der Waals surface area contributed by atoms with E-state index in [1.807, 2.05) is 44.2 Å². The van der Waals surface area contributed by atoms with E-state index in [1.54, 1.807) is 31.6 Å². The van der Waals surface area contributed by atoms with E-state index in [0.717, 1.165) is 27.9 Å². The van der Waals surface area contributed by atoms with Gasteiger partial charge in [-0.2, -0.15) is 4.98 Å². The number of hydrogen-bond donors (Lipinski definition) is 6. The third kappa shape index (κ3) is 9.65. The molecule has 13 nitrogen and oxygen atoms in total. The zero-order valence-corrected chi connectivity index (χ0v) is 25.8. The van der Waals surface area contributed by atoms with Gasteiger partial charge in [0.2, 0.25) is 17.7 Å². The molecule has 0 bridgehead atoms. The van der Waals surface area contributed by atoms with Gasteiger partial charge in [0, 0.05) is 43.6 Å². The van der Waals surface area contributed by atoms with Crippen molar-refractivity contribution in [1.82, 2.24) is 30.7 Å². The van der Waals surface area contributed by atoms with Crippen LogP contribution in [0.1, 0.15) is 65.5 Å². The van der Waals surface area contributed by atoms with Crippen molar-refractivity contribution in [3.63, 3.8) is 0 Å². The number of nitrogens with zero attached hydrogens (tertiary/aromatic N) is 4. The zero-order chi connectivity index (χ0) is 32.3.